The van der Waals surface area contributed by atoms with Gasteiger partial charge in [0.1, 0.15) is 6.54 Å². The van der Waals surface area contributed by atoms with Gasteiger partial charge in [-0.1, -0.05) is 12.1 Å². The summed E-state index contributed by atoms with van der Waals surface area (Å²) >= 11 is 12.6. The highest BCUT2D eigenvalue weighted by Crippen LogP contribution is 2.59. The van der Waals surface area contributed by atoms with Crippen LogP contribution in [0.3, 0.4) is 0 Å². The van der Waals surface area contributed by atoms with Gasteiger partial charge in [0.05, 0.1) is 22.6 Å². The van der Waals surface area contributed by atoms with Gasteiger partial charge in [-0.2, -0.15) is 0 Å². The van der Waals surface area contributed by atoms with E-state index < -0.39 is 48.7 Å². The van der Waals surface area contributed by atoms with Crippen LogP contribution < -0.4 is 5.32 Å². The number of carbonyl (C=O) groups excluding carboxylic acids is 4. The number of hydrogen-bond acceptors (Lipinski definition) is 5. The first-order valence-electron chi connectivity index (χ1n) is 9.43. The molecular weight excluding hydrogens is 419 g/mol. The Morgan fingerprint density at radius 2 is 1.76 bits per heavy atom. The summed E-state index contributed by atoms with van der Waals surface area (Å²) in [5.74, 6) is -3.44. The third kappa shape index (κ3) is 3.51. The molecule has 1 N–H and O–H groups in total. The van der Waals surface area contributed by atoms with E-state index in [0.717, 1.165) is 10.5 Å². The number of likely N-dealkylation sites (tertiary alicyclic amines) is 1. The number of fused-ring (bicyclic) bond motifs is 5. The molecule has 1 saturated heterocycles. The predicted octanol–water partition coefficient (Wildman–Crippen LogP) is 1.94. The van der Waals surface area contributed by atoms with E-state index in [1.807, 2.05) is 13.0 Å². The summed E-state index contributed by atoms with van der Waals surface area (Å²) in [6.45, 7) is 0.872. The lowest BCUT2D eigenvalue weighted by molar-refractivity contribution is -0.154. The van der Waals surface area contributed by atoms with Gasteiger partial charge < -0.3 is 10.1 Å². The molecule has 3 amide bonds. The van der Waals surface area contributed by atoms with Crippen molar-refractivity contribution >= 4 is 52.6 Å². The van der Waals surface area contributed by atoms with Gasteiger partial charge >= 0.3 is 5.97 Å². The number of carbonyl (C=O) groups is 4. The smallest absolute Gasteiger partial charge is 0.326 e. The lowest BCUT2D eigenvalue weighted by atomic mass is 9.80. The number of anilines is 1. The van der Waals surface area contributed by atoms with Crippen molar-refractivity contribution < 1.29 is 23.9 Å². The zero-order valence-electron chi connectivity index (χ0n) is 15.6. The van der Waals surface area contributed by atoms with E-state index in [-0.39, 0.29) is 22.6 Å². The minimum absolute atomic E-state index is 0.147. The van der Waals surface area contributed by atoms with E-state index in [1.54, 1.807) is 18.2 Å². The van der Waals surface area contributed by atoms with Crippen LogP contribution in [0.15, 0.2) is 24.3 Å². The number of rotatable bonds is 5. The maximum absolute atomic E-state index is 12.7. The van der Waals surface area contributed by atoms with Crippen LogP contribution in [0.25, 0.3) is 0 Å². The van der Waals surface area contributed by atoms with Crippen molar-refractivity contribution in [2.24, 2.45) is 23.7 Å². The fourth-order valence-corrected chi connectivity index (χ4v) is 5.70. The highest BCUT2D eigenvalue weighted by Gasteiger charge is 2.66. The monoisotopic (exact) mass is 438 g/mol. The van der Waals surface area contributed by atoms with Crippen molar-refractivity contribution in [2.45, 2.75) is 24.1 Å². The quantitative estimate of drug-likeness (QED) is 0.430. The van der Waals surface area contributed by atoms with Crippen LogP contribution in [-0.4, -0.2) is 52.5 Å². The molecule has 1 aliphatic heterocycles. The molecule has 0 aromatic heterocycles. The zero-order valence-corrected chi connectivity index (χ0v) is 17.2. The highest BCUT2D eigenvalue weighted by molar-refractivity contribution is 6.31. The molecule has 0 unspecified atom stereocenters. The number of aryl methyl sites for hydroxylation is 1. The van der Waals surface area contributed by atoms with Crippen molar-refractivity contribution in [3.05, 3.63) is 29.8 Å². The van der Waals surface area contributed by atoms with Crippen LogP contribution in [0, 0.1) is 30.6 Å². The number of benzene rings is 1. The molecule has 1 aromatic carbocycles. The Hall–Kier alpha value is -2.12. The van der Waals surface area contributed by atoms with Crippen molar-refractivity contribution in [1.29, 1.82) is 0 Å². The molecular formula is C20H20Cl2N2O5. The number of ether oxygens (including phenoxy) is 1. The molecule has 3 aliphatic rings. The van der Waals surface area contributed by atoms with Crippen LogP contribution in [0.2, 0.25) is 0 Å². The second kappa shape index (κ2) is 7.61. The lowest BCUT2D eigenvalue weighted by Crippen LogP contribution is -2.38. The third-order valence-electron chi connectivity index (χ3n) is 6.03. The second-order valence-corrected chi connectivity index (χ2v) is 8.85. The van der Waals surface area contributed by atoms with Gasteiger partial charge in [-0.05, 0) is 42.9 Å². The van der Waals surface area contributed by atoms with Crippen LogP contribution in [0.1, 0.15) is 12.0 Å². The normalized spacial score (nSPS) is 32.4. The van der Waals surface area contributed by atoms with Crippen LogP contribution in [0.5, 0.6) is 0 Å². The van der Waals surface area contributed by atoms with Crippen molar-refractivity contribution in [2.75, 3.05) is 18.5 Å². The lowest BCUT2D eigenvalue weighted by Gasteiger charge is -2.28. The van der Waals surface area contributed by atoms with Gasteiger partial charge in [-0.15, -0.1) is 23.2 Å². The summed E-state index contributed by atoms with van der Waals surface area (Å²) in [5, 5.41) is 1.92. The van der Waals surface area contributed by atoms with Gasteiger partial charge in [0.25, 0.3) is 5.91 Å². The van der Waals surface area contributed by atoms with Gasteiger partial charge in [-0.3, -0.25) is 24.1 Å². The maximum Gasteiger partial charge on any atom is 0.326 e. The number of nitrogens with zero attached hydrogens (tertiary/aromatic N) is 1. The number of alkyl halides is 2. The first kappa shape index (κ1) is 20.2. The molecule has 2 aliphatic carbocycles. The number of halogens is 2. The number of amides is 3. The molecule has 2 saturated carbocycles. The summed E-state index contributed by atoms with van der Waals surface area (Å²) in [6, 6.07) is 7.18. The molecule has 0 spiro atoms. The average Bonchev–Trinajstić information content (AvgIpc) is 3.27. The number of hydrogen-bond donors (Lipinski definition) is 1. The highest BCUT2D eigenvalue weighted by atomic mass is 35.5. The average molecular weight is 439 g/mol. The van der Waals surface area contributed by atoms with Gasteiger partial charge in [0, 0.05) is 5.69 Å². The molecule has 0 radical (unpaired) electrons. The molecule has 1 aromatic rings. The Morgan fingerprint density at radius 3 is 2.34 bits per heavy atom. The first-order chi connectivity index (χ1) is 13.8. The van der Waals surface area contributed by atoms with E-state index in [4.69, 9.17) is 27.9 Å². The Labute approximate surface area is 177 Å². The minimum Gasteiger partial charge on any atom is -0.454 e. The topological polar surface area (TPSA) is 92.8 Å². The standard InChI is InChI=1S/C20H20Cl2N2O5/c1-9-3-2-4-10(5-9)23-13(25)8-29-14(26)7-24-19(27)15-11-6-12(16(15)20(24)28)18(22)17(11)21/h2-5,11-12,15-18H,6-8H2,1H3,(H,23,25)/t11-,12-,15-,16+,17+,18+/m1/s1. The second-order valence-electron chi connectivity index (χ2n) is 7.84. The summed E-state index contributed by atoms with van der Waals surface area (Å²) in [5.41, 5.74) is 1.56. The molecule has 9 heteroatoms. The molecule has 1 heterocycles. The van der Waals surface area contributed by atoms with E-state index in [9.17, 15) is 19.2 Å². The number of imide groups is 1. The molecule has 29 heavy (non-hydrogen) atoms. The fourth-order valence-electron chi connectivity index (χ4n) is 4.81. The Morgan fingerprint density at radius 1 is 1.14 bits per heavy atom. The molecule has 154 valence electrons. The molecule has 7 nitrogen and oxygen atoms in total. The van der Waals surface area contributed by atoms with Gasteiger partial charge in [0.2, 0.25) is 11.8 Å². The summed E-state index contributed by atoms with van der Waals surface area (Å²) in [7, 11) is 0. The van der Waals surface area contributed by atoms with Gasteiger partial charge in [-0.25, -0.2) is 0 Å². The van der Waals surface area contributed by atoms with E-state index in [0.29, 0.717) is 12.1 Å². The Balaban J connectivity index is 1.32. The SMILES string of the molecule is Cc1cccc(NC(=O)COC(=O)CN2C(=O)[C@@H]3[C@H]4C[C@@H]([C@H](Cl)[C@H]4Cl)[C@@H]3C2=O)c1. The first-order valence-corrected chi connectivity index (χ1v) is 10.3. The van der Waals surface area contributed by atoms with Gasteiger partial charge in [0.15, 0.2) is 6.61 Å². The molecule has 4 rings (SSSR count). The predicted molar refractivity (Wildman–Crippen MR) is 105 cm³/mol. The molecule has 2 bridgehead atoms. The molecule has 3 fully saturated rings. The Kier molecular flexibility index (Phi) is 5.29. The van der Waals surface area contributed by atoms with E-state index >= 15 is 0 Å². The van der Waals surface area contributed by atoms with E-state index in [2.05, 4.69) is 5.32 Å². The zero-order chi connectivity index (χ0) is 20.9. The minimum atomic E-state index is -0.816. The van der Waals surface area contributed by atoms with Crippen LogP contribution >= 0.6 is 23.2 Å². The van der Waals surface area contributed by atoms with E-state index in [1.165, 1.54) is 0 Å². The summed E-state index contributed by atoms with van der Waals surface area (Å²) in [6.07, 6.45) is 0.659. The fraction of sp³-hybridized carbons (Fsp3) is 0.500. The number of nitrogens with one attached hydrogen (secondary N) is 1. The Bertz CT molecular complexity index is 859. The maximum atomic E-state index is 12.7. The third-order valence-corrected chi connectivity index (χ3v) is 7.35. The molecule has 6 atom stereocenters. The largest absolute Gasteiger partial charge is 0.454 e. The van der Waals surface area contributed by atoms with Crippen LogP contribution in [0.4, 0.5) is 5.69 Å². The van der Waals surface area contributed by atoms with Crippen molar-refractivity contribution in [3.8, 4) is 0 Å². The van der Waals surface area contributed by atoms with Crippen molar-refractivity contribution in [1.82, 2.24) is 4.90 Å². The number of esters is 1. The van der Waals surface area contributed by atoms with Crippen molar-refractivity contribution in [3.63, 3.8) is 0 Å². The summed E-state index contributed by atoms with van der Waals surface area (Å²) < 4.78 is 4.95. The summed E-state index contributed by atoms with van der Waals surface area (Å²) in [4.78, 5) is 50.4. The van der Waals surface area contributed by atoms with Crippen LogP contribution in [-0.2, 0) is 23.9 Å².